The molecule has 0 aliphatic heterocycles. The van der Waals surface area contributed by atoms with Gasteiger partial charge in [-0.25, -0.2) is 29.9 Å². The molecule has 0 saturated carbocycles. The SMILES string of the molecule is c1ccc(-c2nc(-c3ccccc3)nc(-c3ccc4c(c3)C3c5ccccc5C4c4cc(-c5nc(-c6ccccc6)nc(-c6ccc(-c7cccc8c7C(c7ccccc7)(c7ccccc7)c7ccccc7-8)cc6)n5)ccc43)n2)cc1. The van der Waals surface area contributed by atoms with Gasteiger partial charge >= 0.3 is 0 Å². The molecule has 0 N–H and O–H groups in total. The fourth-order valence-corrected chi connectivity index (χ4v) is 13.3. The predicted molar refractivity (Wildman–Crippen MR) is 323 cm³/mol. The van der Waals surface area contributed by atoms with E-state index in [2.05, 4.69) is 224 Å². The highest BCUT2D eigenvalue weighted by Crippen LogP contribution is 2.59. The van der Waals surface area contributed by atoms with Crippen molar-refractivity contribution in [2.75, 3.05) is 0 Å². The van der Waals surface area contributed by atoms with Crippen LogP contribution in [0.15, 0.2) is 279 Å². The van der Waals surface area contributed by atoms with Crippen LogP contribution in [-0.2, 0) is 5.41 Å². The number of benzene rings is 11. The highest BCUT2D eigenvalue weighted by Gasteiger charge is 2.48. The number of hydrogen-bond acceptors (Lipinski definition) is 6. The summed E-state index contributed by atoms with van der Waals surface area (Å²) in [6.45, 7) is 0. The van der Waals surface area contributed by atoms with E-state index in [9.17, 15) is 0 Å². The van der Waals surface area contributed by atoms with Crippen LogP contribution in [0.25, 0.3) is 90.6 Å². The molecule has 6 nitrogen and oxygen atoms in total. The molecule has 2 bridgehead atoms. The highest BCUT2D eigenvalue weighted by atomic mass is 15.0. The summed E-state index contributed by atoms with van der Waals surface area (Å²) in [5, 5.41) is 0. The lowest BCUT2D eigenvalue weighted by molar-refractivity contribution is 0.754. The summed E-state index contributed by atoms with van der Waals surface area (Å²) in [7, 11) is 0. The van der Waals surface area contributed by atoms with Crippen molar-refractivity contribution in [2.24, 2.45) is 0 Å². The first kappa shape index (κ1) is 46.5. The molecule has 0 amide bonds. The largest absolute Gasteiger partial charge is 0.208 e. The van der Waals surface area contributed by atoms with E-state index in [1.165, 1.54) is 72.3 Å². The van der Waals surface area contributed by atoms with Crippen LogP contribution < -0.4 is 0 Å². The van der Waals surface area contributed by atoms with E-state index in [-0.39, 0.29) is 11.8 Å². The average molecular weight is 1030 g/mol. The molecular weight excluding hydrogens is 985 g/mol. The van der Waals surface area contributed by atoms with Crippen LogP contribution in [0.2, 0.25) is 0 Å². The number of hydrogen-bond donors (Lipinski definition) is 0. The van der Waals surface area contributed by atoms with Crippen molar-refractivity contribution in [2.45, 2.75) is 17.3 Å². The zero-order valence-electron chi connectivity index (χ0n) is 43.9. The van der Waals surface area contributed by atoms with Gasteiger partial charge in [0, 0.05) is 45.2 Å². The average Bonchev–Trinajstić information content (AvgIpc) is 4.15. The quantitative estimate of drug-likeness (QED) is 0.143. The molecule has 4 aliphatic rings. The van der Waals surface area contributed by atoms with E-state index in [4.69, 9.17) is 29.9 Å². The van der Waals surface area contributed by atoms with Crippen molar-refractivity contribution < 1.29 is 0 Å². The number of aromatic nitrogens is 6. The molecule has 2 atom stereocenters. The van der Waals surface area contributed by atoms with Crippen LogP contribution in [-0.4, -0.2) is 29.9 Å². The predicted octanol–water partition coefficient (Wildman–Crippen LogP) is 17.1. The Kier molecular flexibility index (Phi) is 10.8. The van der Waals surface area contributed by atoms with Gasteiger partial charge in [-0.2, -0.15) is 0 Å². The first-order chi connectivity index (χ1) is 40.2. The maximum atomic E-state index is 5.35. The standard InChI is InChI=1S/C75H48N6/c1-6-21-48(22-7-1)69-76-70(49-23-8-2-9-24-49)79-73(78-69)52-41-43-60-63(45-52)66-58-32-16-17-33-59(58)67(60)64-46-53(42-44-61(64)66)74-80-71(50-25-10-3-11-26-50)77-72(81-74)51-39-37-47(38-40-51)56-34-20-35-62-57-31-18-19-36-65(57)75(68(56)62,54-27-12-4-13-28-54)55-29-14-5-15-30-55/h1-46,66-67H. The number of nitrogens with zero attached hydrogens (tertiary/aromatic N) is 6. The molecule has 0 spiro atoms. The van der Waals surface area contributed by atoms with Gasteiger partial charge in [-0.15, -0.1) is 0 Å². The molecule has 0 fully saturated rings. The Morgan fingerprint density at radius 3 is 1.00 bits per heavy atom. The van der Waals surface area contributed by atoms with Crippen LogP contribution in [0.4, 0.5) is 0 Å². The van der Waals surface area contributed by atoms with Gasteiger partial charge in [-0.05, 0) is 90.0 Å². The molecule has 2 heterocycles. The lowest BCUT2D eigenvalue weighted by Gasteiger charge is -2.42. The van der Waals surface area contributed by atoms with Gasteiger partial charge in [-0.3, -0.25) is 0 Å². The van der Waals surface area contributed by atoms with E-state index in [1.54, 1.807) is 0 Å². The molecule has 4 aliphatic carbocycles. The van der Waals surface area contributed by atoms with Crippen molar-refractivity contribution in [3.8, 4) is 90.6 Å². The lowest BCUT2D eigenvalue weighted by Crippen LogP contribution is -2.29. The fraction of sp³-hybridized carbons (Fsp3) is 0.0400. The maximum Gasteiger partial charge on any atom is 0.164 e. The Bertz CT molecular complexity index is 4470. The minimum absolute atomic E-state index is 0.000471. The van der Waals surface area contributed by atoms with E-state index in [1.807, 2.05) is 54.6 Å². The first-order valence-electron chi connectivity index (χ1n) is 27.7. The van der Waals surface area contributed by atoms with Crippen molar-refractivity contribution in [1.29, 1.82) is 0 Å². The van der Waals surface area contributed by atoms with E-state index in [0.29, 0.717) is 34.9 Å². The Hall–Kier alpha value is -10.6. The van der Waals surface area contributed by atoms with E-state index < -0.39 is 5.41 Å². The second-order valence-corrected chi connectivity index (χ2v) is 21.2. The van der Waals surface area contributed by atoms with Crippen molar-refractivity contribution >= 4 is 0 Å². The van der Waals surface area contributed by atoms with Crippen molar-refractivity contribution in [3.63, 3.8) is 0 Å². The van der Waals surface area contributed by atoms with Gasteiger partial charge in [0.2, 0.25) is 0 Å². The van der Waals surface area contributed by atoms with Gasteiger partial charge in [-0.1, -0.05) is 267 Å². The molecule has 13 aromatic rings. The van der Waals surface area contributed by atoms with Gasteiger partial charge in [0.05, 0.1) is 5.41 Å². The summed E-state index contributed by atoms with van der Waals surface area (Å²) in [6, 6.07) is 99.7. The normalized spacial score (nSPS) is 14.8. The van der Waals surface area contributed by atoms with E-state index in [0.717, 1.165) is 38.9 Å². The lowest BCUT2D eigenvalue weighted by atomic mass is 9.61. The summed E-state index contributed by atoms with van der Waals surface area (Å²) >= 11 is 0. The Morgan fingerprint density at radius 2 is 0.543 bits per heavy atom. The van der Waals surface area contributed by atoms with Crippen LogP contribution in [0.5, 0.6) is 0 Å². The van der Waals surface area contributed by atoms with Gasteiger partial charge in [0.1, 0.15) is 0 Å². The third-order valence-electron chi connectivity index (χ3n) is 16.8. The summed E-state index contributed by atoms with van der Waals surface area (Å²) in [6.07, 6.45) is 0. The molecule has 6 heteroatoms. The smallest absolute Gasteiger partial charge is 0.164 e. The van der Waals surface area contributed by atoms with Gasteiger partial charge in [0.25, 0.3) is 0 Å². The molecule has 2 unspecified atom stereocenters. The molecule has 81 heavy (non-hydrogen) atoms. The zero-order valence-corrected chi connectivity index (χ0v) is 43.9. The van der Waals surface area contributed by atoms with Crippen LogP contribution in [0.1, 0.15) is 67.5 Å². The number of fused-ring (bicyclic) bond motifs is 3. The Labute approximate surface area is 470 Å². The minimum atomic E-state index is -0.533. The molecule has 17 rings (SSSR count). The molecule has 11 aromatic carbocycles. The third-order valence-corrected chi connectivity index (χ3v) is 16.8. The topological polar surface area (TPSA) is 77.3 Å². The molecular formula is C75H48N6. The monoisotopic (exact) mass is 1030 g/mol. The Balaban J connectivity index is 0.796. The summed E-state index contributed by atoms with van der Waals surface area (Å²) < 4.78 is 0. The molecule has 378 valence electrons. The third kappa shape index (κ3) is 7.48. The molecule has 0 radical (unpaired) electrons. The maximum absolute atomic E-state index is 5.35. The highest BCUT2D eigenvalue weighted by molar-refractivity contribution is 5.93. The number of rotatable bonds is 9. The summed E-state index contributed by atoms with van der Waals surface area (Å²) in [4.78, 5) is 31.1. The summed E-state index contributed by atoms with van der Waals surface area (Å²) in [5.41, 5.74) is 22.7. The summed E-state index contributed by atoms with van der Waals surface area (Å²) in [5.74, 6) is 3.81. The minimum Gasteiger partial charge on any atom is -0.208 e. The molecule has 0 saturated heterocycles. The van der Waals surface area contributed by atoms with Crippen molar-refractivity contribution in [3.05, 3.63) is 335 Å². The molecule has 2 aromatic heterocycles. The van der Waals surface area contributed by atoms with Crippen LogP contribution in [0, 0.1) is 0 Å². The zero-order chi connectivity index (χ0) is 53.4. The Morgan fingerprint density at radius 1 is 0.222 bits per heavy atom. The van der Waals surface area contributed by atoms with Gasteiger partial charge in [0.15, 0.2) is 34.9 Å². The second kappa shape index (κ2) is 18.8. The van der Waals surface area contributed by atoms with Crippen molar-refractivity contribution in [1.82, 2.24) is 29.9 Å². The van der Waals surface area contributed by atoms with E-state index >= 15 is 0 Å². The van der Waals surface area contributed by atoms with Crippen LogP contribution >= 0.6 is 0 Å². The van der Waals surface area contributed by atoms with Crippen LogP contribution in [0.3, 0.4) is 0 Å². The first-order valence-corrected chi connectivity index (χ1v) is 27.7. The van der Waals surface area contributed by atoms with Gasteiger partial charge < -0.3 is 0 Å². The second-order valence-electron chi connectivity index (χ2n) is 21.2. The fourth-order valence-electron chi connectivity index (χ4n) is 13.3.